The van der Waals surface area contributed by atoms with Gasteiger partial charge in [0, 0.05) is 12.0 Å². The van der Waals surface area contributed by atoms with E-state index in [4.69, 9.17) is 4.52 Å². The van der Waals surface area contributed by atoms with Gasteiger partial charge in [-0.2, -0.15) is 4.98 Å². The van der Waals surface area contributed by atoms with E-state index in [1.54, 1.807) is 26.0 Å². The van der Waals surface area contributed by atoms with E-state index in [0.717, 1.165) is 0 Å². The highest BCUT2D eigenvalue weighted by molar-refractivity contribution is 5.81. The van der Waals surface area contributed by atoms with Gasteiger partial charge in [0.25, 0.3) is 5.69 Å². The summed E-state index contributed by atoms with van der Waals surface area (Å²) < 4.78 is 4.97. The van der Waals surface area contributed by atoms with Gasteiger partial charge < -0.3 is 4.52 Å². The molecule has 1 aromatic heterocycles. The highest BCUT2D eigenvalue weighted by Crippen LogP contribution is 2.27. The first-order valence-electron chi connectivity index (χ1n) is 6.08. The number of hydrogen-bond acceptors (Lipinski definition) is 6. The molecule has 0 radical (unpaired) electrons. The predicted molar refractivity (Wildman–Crippen MR) is 69.9 cm³/mol. The predicted octanol–water partition coefficient (Wildman–Crippen LogP) is 2.41. The van der Waals surface area contributed by atoms with Crippen LogP contribution >= 0.6 is 0 Å². The number of rotatable bonds is 5. The van der Waals surface area contributed by atoms with Crippen LogP contribution in [0.1, 0.15) is 19.7 Å². The third kappa shape index (κ3) is 2.87. The molecule has 1 heterocycles. The van der Waals surface area contributed by atoms with Gasteiger partial charge >= 0.3 is 0 Å². The minimum Gasteiger partial charge on any atom is -0.338 e. The van der Waals surface area contributed by atoms with E-state index in [0.29, 0.717) is 0 Å². The Kier molecular flexibility index (Phi) is 3.88. The second-order valence-electron chi connectivity index (χ2n) is 4.58. The van der Waals surface area contributed by atoms with Gasteiger partial charge in [-0.15, -0.1) is 0 Å². The molecule has 0 aliphatic carbocycles. The van der Waals surface area contributed by atoms with E-state index in [1.807, 2.05) is 0 Å². The lowest BCUT2D eigenvalue weighted by Gasteiger charge is -1.98. The molecular weight excluding hydrogens is 262 g/mol. The number of nitrogens with zero attached hydrogens (tertiary/aromatic N) is 3. The Labute approximate surface area is 114 Å². The first-order valence-corrected chi connectivity index (χ1v) is 6.08. The molecule has 2 rings (SSSR count). The van der Waals surface area contributed by atoms with Crippen molar-refractivity contribution in [2.75, 3.05) is 0 Å². The number of benzene rings is 1. The SMILES string of the molecule is CC(C)C(=O)Cc1nc(-c2ccccc2[N+](=O)[O-])no1. The monoisotopic (exact) mass is 275 g/mol. The van der Waals surface area contributed by atoms with E-state index < -0.39 is 4.92 Å². The second-order valence-corrected chi connectivity index (χ2v) is 4.58. The third-order valence-electron chi connectivity index (χ3n) is 2.78. The number of Topliss-reactive ketones (excluding diaryl/α,β-unsaturated/α-hetero) is 1. The van der Waals surface area contributed by atoms with Crippen molar-refractivity contribution in [3.63, 3.8) is 0 Å². The lowest BCUT2D eigenvalue weighted by atomic mass is 10.1. The number of nitro benzene ring substituents is 1. The first kappa shape index (κ1) is 13.9. The van der Waals surface area contributed by atoms with Crippen molar-refractivity contribution in [2.24, 2.45) is 5.92 Å². The van der Waals surface area contributed by atoms with Crippen molar-refractivity contribution in [1.29, 1.82) is 0 Å². The molecule has 0 amide bonds. The number of carbonyl (C=O) groups is 1. The molecule has 0 aliphatic heterocycles. The lowest BCUT2D eigenvalue weighted by molar-refractivity contribution is -0.384. The topological polar surface area (TPSA) is 99.1 Å². The number of carbonyl (C=O) groups excluding carboxylic acids is 1. The molecular formula is C13H13N3O4. The Morgan fingerprint density at radius 3 is 2.75 bits per heavy atom. The molecule has 7 heteroatoms. The lowest BCUT2D eigenvalue weighted by Crippen LogP contribution is -2.10. The van der Waals surface area contributed by atoms with Crippen molar-refractivity contribution < 1.29 is 14.2 Å². The summed E-state index contributed by atoms with van der Waals surface area (Å²) in [6.07, 6.45) is 0.0330. The van der Waals surface area contributed by atoms with Crippen LogP contribution in [0.15, 0.2) is 28.8 Å². The molecule has 20 heavy (non-hydrogen) atoms. The number of aromatic nitrogens is 2. The van der Waals surface area contributed by atoms with Crippen LogP contribution < -0.4 is 0 Å². The Morgan fingerprint density at radius 2 is 2.10 bits per heavy atom. The van der Waals surface area contributed by atoms with Gasteiger partial charge in [-0.3, -0.25) is 14.9 Å². The Hall–Kier alpha value is -2.57. The summed E-state index contributed by atoms with van der Waals surface area (Å²) in [5.74, 6) is 0.125. The second kappa shape index (κ2) is 5.60. The standard InChI is InChI=1S/C13H13N3O4/c1-8(2)11(17)7-12-14-13(15-20-12)9-5-3-4-6-10(9)16(18)19/h3-6,8H,7H2,1-2H3. The van der Waals surface area contributed by atoms with Gasteiger partial charge in [0.1, 0.15) is 11.3 Å². The Bertz CT molecular complexity index is 649. The zero-order chi connectivity index (χ0) is 14.7. The minimum absolute atomic E-state index is 0.0252. The van der Waals surface area contributed by atoms with Crippen LogP contribution in [0.4, 0.5) is 5.69 Å². The highest BCUT2D eigenvalue weighted by atomic mass is 16.6. The van der Waals surface area contributed by atoms with Crippen LogP contribution in [0.2, 0.25) is 0 Å². The minimum atomic E-state index is -0.509. The number of para-hydroxylation sites is 1. The van der Waals surface area contributed by atoms with Crippen molar-refractivity contribution in [2.45, 2.75) is 20.3 Å². The Balaban J connectivity index is 2.30. The summed E-state index contributed by atoms with van der Waals surface area (Å²) in [5.41, 5.74) is 0.166. The van der Waals surface area contributed by atoms with E-state index in [9.17, 15) is 14.9 Å². The van der Waals surface area contributed by atoms with Crippen LogP contribution in [0.5, 0.6) is 0 Å². The average molecular weight is 275 g/mol. The van der Waals surface area contributed by atoms with Crippen LogP contribution in [-0.2, 0) is 11.2 Å². The highest BCUT2D eigenvalue weighted by Gasteiger charge is 2.20. The fraction of sp³-hybridized carbons (Fsp3) is 0.308. The van der Waals surface area contributed by atoms with Crippen LogP contribution in [0, 0.1) is 16.0 Å². The summed E-state index contributed by atoms with van der Waals surface area (Å²) >= 11 is 0. The van der Waals surface area contributed by atoms with Gasteiger partial charge in [-0.1, -0.05) is 31.1 Å². The van der Waals surface area contributed by atoms with Crippen molar-refractivity contribution >= 4 is 11.5 Å². The largest absolute Gasteiger partial charge is 0.338 e. The third-order valence-corrected chi connectivity index (χ3v) is 2.78. The van der Waals surface area contributed by atoms with E-state index in [1.165, 1.54) is 12.1 Å². The molecule has 0 spiro atoms. The molecule has 0 N–H and O–H groups in total. The summed E-state index contributed by atoms with van der Waals surface area (Å²) in [6, 6.07) is 6.12. The van der Waals surface area contributed by atoms with Crippen molar-refractivity contribution in [1.82, 2.24) is 10.1 Å². The maximum Gasteiger partial charge on any atom is 0.280 e. The van der Waals surface area contributed by atoms with Crippen LogP contribution in [-0.4, -0.2) is 20.8 Å². The fourth-order valence-corrected chi connectivity index (χ4v) is 1.61. The summed E-state index contributed by atoms with van der Waals surface area (Å²) in [6.45, 7) is 3.56. The number of nitro groups is 1. The van der Waals surface area contributed by atoms with E-state index in [-0.39, 0.29) is 41.1 Å². The van der Waals surface area contributed by atoms with Gasteiger partial charge in [-0.05, 0) is 6.07 Å². The molecule has 0 bridgehead atoms. The van der Waals surface area contributed by atoms with E-state index >= 15 is 0 Å². The molecule has 1 aromatic carbocycles. The quantitative estimate of drug-likeness (QED) is 0.613. The number of ketones is 1. The molecule has 0 saturated heterocycles. The average Bonchev–Trinajstić information content (AvgIpc) is 2.87. The van der Waals surface area contributed by atoms with Crippen molar-refractivity contribution in [3.05, 3.63) is 40.3 Å². The molecule has 0 saturated carbocycles. The molecule has 104 valence electrons. The van der Waals surface area contributed by atoms with Crippen LogP contribution in [0.3, 0.4) is 0 Å². The summed E-state index contributed by atoms with van der Waals surface area (Å²) in [7, 11) is 0. The smallest absolute Gasteiger partial charge is 0.280 e. The maximum absolute atomic E-state index is 11.6. The summed E-state index contributed by atoms with van der Waals surface area (Å²) in [5, 5.41) is 14.6. The van der Waals surface area contributed by atoms with Crippen molar-refractivity contribution in [3.8, 4) is 11.4 Å². The van der Waals surface area contributed by atoms with Crippen LogP contribution in [0.25, 0.3) is 11.4 Å². The van der Waals surface area contributed by atoms with Gasteiger partial charge in [-0.25, -0.2) is 0 Å². The van der Waals surface area contributed by atoms with Gasteiger partial charge in [0.2, 0.25) is 11.7 Å². The first-order chi connectivity index (χ1) is 9.49. The Morgan fingerprint density at radius 1 is 1.40 bits per heavy atom. The summed E-state index contributed by atoms with van der Waals surface area (Å²) in [4.78, 5) is 26.1. The molecule has 0 aliphatic rings. The molecule has 0 unspecified atom stereocenters. The zero-order valence-corrected chi connectivity index (χ0v) is 11.1. The molecule has 2 aromatic rings. The molecule has 0 atom stereocenters. The molecule has 7 nitrogen and oxygen atoms in total. The number of hydrogen-bond donors (Lipinski definition) is 0. The molecule has 0 fully saturated rings. The fourth-order valence-electron chi connectivity index (χ4n) is 1.61. The van der Waals surface area contributed by atoms with E-state index in [2.05, 4.69) is 10.1 Å². The maximum atomic E-state index is 11.6. The van der Waals surface area contributed by atoms with Gasteiger partial charge in [0.05, 0.1) is 11.3 Å². The van der Waals surface area contributed by atoms with Gasteiger partial charge in [0.15, 0.2) is 0 Å². The normalized spacial score (nSPS) is 10.8. The zero-order valence-electron chi connectivity index (χ0n) is 11.1.